The van der Waals surface area contributed by atoms with Gasteiger partial charge in [-0.1, -0.05) is 19.1 Å². The molecule has 2 rings (SSSR count). The third-order valence-corrected chi connectivity index (χ3v) is 3.13. The first-order valence-electron chi connectivity index (χ1n) is 6.34. The first kappa shape index (κ1) is 13.4. The van der Waals surface area contributed by atoms with Crippen molar-refractivity contribution in [2.45, 2.75) is 20.3 Å². The van der Waals surface area contributed by atoms with Gasteiger partial charge in [-0.3, -0.25) is 20.4 Å². The molecule has 1 aromatic carbocycles. The second-order valence-corrected chi connectivity index (χ2v) is 4.96. The summed E-state index contributed by atoms with van der Waals surface area (Å²) < 4.78 is 5.31. The van der Waals surface area contributed by atoms with E-state index in [1.807, 2.05) is 32.0 Å². The van der Waals surface area contributed by atoms with Gasteiger partial charge in [0.15, 0.2) is 6.61 Å². The molecule has 1 aromatic rings. The van der Waals surface area contributed by atoms with Gasteiger partial charge >= 0.3 is 0 Å². The van der Waals surface area contributed by atoms with Crippen LogP contribution in [0.3, 0.4) is 0 Å². The molecule has 0 aliphatic heterocycles. The molecule has 1 aliphatic rings. The Balaban J connectivity index is 1.68. The fourth-order valence-corrected chi connectivity index (χ4v) is 1.80. The maximum atomic E-state index is 11.5. The van der Waals surface area contributed by atoms with Crippen molar-refractivity contribution in [1.82, 2.24) is 10.9 Å². The van der Waals surface area contributed by atoms with Gasteiger partial charge in [-0.15, -0.1) is 0 Å². The number of rotatable bonds is 4. The third kappa shape index (κ3) is 3.98. The highest BCUT2D eigenvalue weighted by atomic mass is 16.5. The molecule has 0 saturated heterocycles. The Labute approximate surface area is 112 Å². The number of hydrogen-bond donors (Lipinski definition) is 2. The van der Waals surface area contributed by atoms with Gasteiger partial charge < -0.3 is 4.74 Å². The van der Waals surface area contributed by atoms with Crippen molar-refractivity contribution >= 4 is 11.8 Å². The van der Waals surface area contributed by atoms with Crippen LogP contribution >= 0.6 is 0 Å². The van der Waals surface area contributed by atoms with Crippen molar-refractivity contribution < 1.29 is 14.3 Å². The average Bonchev–Trinajstić information content (AvgIpc) is 3.11. The predicted octanol–water partition coefficient (Wildman–Crippen LogP) is 1.18. The molecule has 19 heavy (non-hydrogen) atoms. The molecule has 5 nitrogen and oxygen atoms in total. The minimum absolute atomic E-state index is 0.0398. The number of carbonyl (C=O) groups is 2. The van der Waals surface area contributed by atoms with Crippen LogP contribution in [0.5, 0.6) is 5.75 Å². The number of benzene rings is 1. The number of carbonyl (C=O) groups excluding carboxylic acids is 2. The van der Waals surface area contributed by atoms with E-state index < -0.39 is 0 Å². The van der Waals surface area contributed by atoms with Crippen LogP contribution in [-0.2, 0) is 9.59 Å². The summed E-state index contributed by atoms with van der Waals surface area (Å²) in [6, 6.07) is 7.44. The van der Waals surface area contributed by atoms with Crippen LogP contribution in [0, 0.1) is 18.8 Å². The summed E-state index contributed by atoms with van der Waals surface area (Å²) in [7, 11) is 0. The molecule has 0 spiro atoms. The molecule has 0 aromatic heterocycles. The highest BCUT2D eigenvalue weighted by Gasteiger charge is 2.39. The maximum Gasteiger partial charge on any atom is 0.276 e. The number of nitrogens with one attached hydrogen (secondary N) is 2. The molecule has 2 unspecified atom stereocenters. The van der Waals surface area contributed by atoms with E-state index in [2.05, 4.69) is 10.9 Å². The van der Waals surface area contributed by atoms with Gasteiger partial charge in [0, 0.05) is 5.92 Å². The molecule has 1 saturated carbocycles. The van der Waals surface area contributed by atoms with E-state index in [4.69, 9.17) is 4.74 Å². The fourth-order valence-electron chi connectivity index (χ4n) is 1.80. The van der Waals surface area contributed by atoms with Crippen LogP contribution < -0.4 is 15.6 Å². The zero-order valence-corrected chi connectivity index (χ0v) is 11.1. The molecule has 2 amide bonds. The molecular weight excluding hydrogens is 244 g/mol. The SMILES string of the molecule is Cc1cccc(OCC(=O)NNC(=O)C2CC2C)c1. The van der Waals surface area contributed by atoms with Crippen LogP contribution in [0.15, 0.2) is 24.3 Å². The van der Waals surface area contributed by atoms with Gasteiger partial charge in [0.05, 0.1) is 0 Å². The zero-order chi connectivity index (χ0) is 13.8. The average molecular weight is 262 g/mol. The normalized spacial score (nSPS) is 20.5. The Bertz CT molecular complexity index is 487. The lowest BCUT2D eigenvalue weighted by Crippen LogP contribution is -2.44. The lowest BCUT2D eigenvalue weighted by molar-refractivity contribution is -0.130. The number of ether oxygens (including phenoxy) is 1. The van der Waals surface area contributed by atoms with E-state index in [1.165, 1.54) is 0 Å². The van der Waals surface area contributed by atoms with Gasteiger partial charge in [0.1, 0.15) is 5.75 Å². The summed E-state index contributed by atoms with van der Waals surface area (Å²) in [4.78, 5) is 23.0. The quantitative estimate of drug-likeness (QED) is 0.801. The smallest absolute Gasteiger partial charge is 0.276 e. The highest BCUT2D eigenvalue weighted by Crippen LogP contribution is 2.37. The van der Waals surface area contributed by atoms with Crippen molar-refractivity contribution in [3.05, 3.63) is 29.8 Å². The van der Waals surface area contributed by atoms with Crippen molar-refractivity contribution in [1.29, 1.82) is 0 Å². The van der Waals surface area contributed by atoms with Crippen molar-refractivity contribution in [3.8, 4) is 5.75 Å². The second-order valence-electron chi connectivity index (χ2n) is 4.96. The van der Waals surface area contributed by atoms with Crippen molar-refractivity contribution in [2.24, 2.45) is 11.8 Å². The van der Waals surface area contributed by atoms with Crippen LogP contribution in [0.2, 0.25) is 0 Å². The molecular formula is C14H18N2O3. The molecule has 2 N–H and O–H groups in total. The lowest BCUT2D eigenvalue weighted by Gasteiger charge is -2.08. The fraction of sp³-hybridized carbons (Fsp3) is 0.429. The summed E-state index contributed by atoms with van der Waals surface area (Å²) in [5, 5.41) is 0. The summed E-state index contributed by atoms with van der Waals surface area (Å²) in [5.41, 5.74) is 5.81. The number of hydrogen-bond acceptors (Lipinski definition) is 3. The summed E-state index contributed by atoms with van der Waals surface area (Å²) in [6.45, 7) is 3.83. The third-order valence-electron chi connectivity index (χ3n) is 3.13. The van der Waals surface area contributed by atoms with Crippen molar-refractivity contribution in [2.75, 3.05) is 6.61 Å². The highest BCUT2D eigenvalue weighted by molar-refractivity contribution is 5.85. The summed E-state index contributed by atoms with van der Waals surface area (Å²) in [6.07, 6.45) is 0.890. The van der Waals surface area contributed by atoms with Gasteiger partial charge in [-0.05, 0) is 37.0 Å². The first-order valence-corrected chi connectivity index (χ1v) is 6.34. The standard InChI is InChI=1S/C14H18N2O3/c1-9-4-3-5-11(6-9)19-8-13(17)15-16-14(18)12-7-10(12)2/h3-6,10,12H,7-8H2,1-2H3,(H,15,17)(H,16,18). The maximum absolute atomic E-state index is 11.5. The van der Waals surface area contributed by atoms with Crippen LogP contribution in [-0.4, -0.2) is 18.4 Å². The molecule has 0 bridgehead atoms. The molecule has 2 atom stereocenters. The zero-order valence-electron chi connectivity index (χ0n) is 11.1. The van der Waals surface area contributed by atoms with Crippen LogP contribution in [0.1, 0.15) is 18.9 Å². The van der Waals surface area contributed by atoms with E-state index in [9.17, 15) is 9.59 Å². The lowest BCUT2D eigenvalue weighted by atomic mass is 10.2. The number of amides is 2. The van der Waals surface area contributed by atoms with E-state index in [0.717, 1.165) is 12.0 Å². The molecule has 1 fully saturated rings. The Morgan fingerprint density at radius 2 is 2.11 bits per heavy atom. The Morgan fingerprint density at radius 3 is 2.74 bits per heavy atom. The predicted molar refractivity (Wildman–Crippen MR) is 70.2 cm³/mol. The largest absolute Gasteiger partial charge is 0.484 e. The van der Waals surface area contributed by atoms with E-state index >= 15 is 0 Å². The minimum atomic E-state index is -0.372. The second kappa shape index (κ2) is 5.73. The van der Waals surface area contributed by atoms with Gasteiger partial charge in [0.25, 0.3) is 5.91 Å². The molecule has 0 radical (unpaired) electrons. The minimum Gasteiger partial charge on any atom is -0.484 e. The summed E-state index contributed by atoms with van der Waals surface area (Å²) >= 11 is 0. The van der Waals surface area contributed by atoms with Crippen LogP contribution in [0.25, 0.3) is 0 Å². The Hall–Kier alpha value is -2.04. The van der Waals surface area contributed by atoms with E-state index in [-0.39, 0.29) is 24.3 Å². The summed E-state index contributed by atoms with van der Waals surface area (Å²) in [5.74, 6) is 0.593. The number of hydrazine groups is 1. The van der Waals surface area contributed by atoms with Gasteiger partial charge in [-0.25, -0.2) is 0 Å². The van der Waals surface area contributed by atoms with E-state index in [0.29, 0.717) is 11.7 Å². The van der Waals surface area contributed by atoms with Crippen molar-refractivity contribution in [3.63, 3.8) is 0 Å². The Morgan fingerprint density at radius 1 is 1.37 bits per heavy atom. The van der Waals surface area contributed by atoms with Crippen LogP contribution in [0.4, 0.5) is 0 Å². The monoisotopic (exact) mass is 262 g/mol. The van der Waals surface area contributed by atoms with Gasteiger partial charge in [0.2, 0.25) is 5.91 Å². The molecule has 102 valence electrons. The molecule has 0 heterocycles. The topological polar surface area (TPSA) is 67.4 Å². The Kier molecular flexibility index (Phi) is 4.04. The molecule has 5 heteroatoms. The van der Waals surface area contributed by atoms with E-state index in [1.54, 1.807) is 6.07 Å². The molecule has 1 aliphatic carbocycles. The number of aryl methyl sites for hydroxylation is 1. The van der Waals surface area contributed by atoms with Gasteiger partial charge in [-0.2, -0.15) is 0 Å². The first-order chi connectivity index (χ1) is 9.06.